The molecule has 1 N–H and O–H groups in total. The van der Waals surface area contributed by atoms with Gasteiger partial charge in [0.25, 0.3) is 0 Å². The highest BCUT2D eigenvalue weighted by molar-refractivity contribution is 6.05. The van der Waals surface area contributed by atoms with Gasteiger partial charge in [0.05, 0.1) is 0 Å². The van der Waals surface area contributed by atoms with Crippen LogP contribution in [0.5, 0.6) is 0 Å². The number of aliphatic imine (C=N–C) groups is 1. The van der Waals surface area contributed by atoms with Crippen LogP contribution >= 0.6 is 0 Å². The minimum absolute atomic E-state index is 0. The molecule has 0 aromatic heterocycles. The molecule has 3 aromatic rings. The van der Waals surface area contributed by atoms with Gasteiger partial charge in [0.1, 0.15) is 5.84 Å². The molecule has 0 atom stereocenters. The predicted octanol–water partition coefficient (Wildman–Crippen LogP) is 5.10. The second-order valence-electron chi connectivity index (χ2n) is 5.40. The Morgan fingerprint density at radius 2 is 1.25 bits per heavy atom. The number of nitrogens with one attached hydrogen (secondary N) is 1. The third-order valence-corrected chi connectivity index (χ3v) is 3.72. The summed E-state index contributed by atoms with van der Waals surface area (Å²) in [4.78, 5) is 4.43. The molecule has 0 aliphatic heterocycles. The number of hydrogen-bond donors (Lipinski definition) is 1. The first-order valence-electron chi connectivity index (χ1n) is 7.98. The molecule has 120 valence electrons. The molecule has 3 aromatic carbocycles. The van der Waals surface area contributed by atoms with Crippen LogP contribution in [0, 0.1) is 0 Å². The van der Waals surface area contributed by atoms with Gasteiger partial charge < -0.3 is 5.32 Å². The molecule has 0 heterocycles. The maximum absolute atomic E-state index is 4.43. The van der Waals surface area contributed by atoms with E-state index in [1.54, 1.807) is 7.05 Å². The van der Waals surface area contributed by atoms with Crippen LogP contribution in [0.2, 0.25) is 0 Å². The predicted molar refractivity (Wildman–Crippen MR) is 105 cm³/mol. The van der Waals surface area contributed by atoms with Crippen molar-refractivity contribution in [2.24, 2.45) is 4.99 Å². The van der Waals surface area contributed by atoms with Crippen molar-refractivity contribution in [3.8, 4) is 0 Å². The van der Waals surface area contributed by atoms with E-state index < -0.39 is 0 Å². The largest absolute Gasteiger partial charge is 0.340 e. The van der Waals surface area contributed by atoms with Gasteiger partial charge in [-0.05, 0) is 17.2 Å². The van der Waals surface area contributed by atoms with E-state index in [2.05, 4.69) is 52.8 Å². The lowest BCUT2D eigenvalue weighted by molar-refractivity contribution is 1.24. The highest BCUT2D eigenvalue weighted by Crippen LogP contribution is 2.16. The minimum atomic E-state index is 0. The molecule has 0 amide bonds. The van der Waals surface area contributed by atoms with Crippen molar-refractivity contribution in [3.63, 3.8) is 0 Å². The molecule has 0 radical (unpaired) electrons. The number of amidine groups is 1. The molecular formula is C22H22N2. The third-order valence-electron chi connectivity index (χ3n) is 3.72. The molecule has 0 saturated heterocycles. The molecule has 24 heavy (non-hydrogen) atoms. The van der Waals surface area contributed by atoms with Gasteiger partial charge in [0.2, 0.25) is 0 Å². The molecule has 0 saturated carbocycles. The quantitative estimate of drug-likeness (QED) is 0.404. The zero-order valence-corrected chi connectivity index (χ0v) is 13.7. The molecule has 0 unspecified atom stereocenters. The van der Waals surface area contributed by atoms with Crippen LogP contribution in [-0.4, -0.2) is 12.9 Å². The topological polar surface area (TPSA) is 24.4 Å². The standard InChI is InChI=1S/C22H20N2.H2/c1-23-22(20-15-9-4-10-16-20)24-21(19-13-7-3-8-14-19)17-18-11-5-2-6-12-18;/h2-17H,1H3,(H,23,24);1H/b21-17+;. The van der Waals surface area contributed by atoms with Crippen molar-refractivity contribution in [1.29, 1.82) is 0 Å². The second-order valence-corrected chi connectivity index (χ2v) is 5.40. The van der Waals surface area contributed by atoms with Gasteiger partial charge in [-0.2, -0.15) is 0 Å². The lowest BCUT2D eigenvalue weighted by Gasteiger charge is -2.14. The molecule has 0 aliphatic carbocycles. The Labute approximate surface area is 144 Å². The average molecular weight is 314 g/mol. The second kappa shape index (κ2) is 7.93. The number of rotatable bonds is 4. The normalized spacial score (nSPS) is 12.0. The maximum atomic E-state index is 4.43. The first-order chi connectivity index (χ1) is 11.9. The first kappa shape index (κ1) is 15.8. The fourth-order valence-electron chi connectivity index (χ4n) is 2.51. The van der Waals surface area contributed by atoms with Crippen LogP contribution in [0.15, 0.2) is 96.0 Å². The van der Waals surface area contributed by atoms with Crippen LogP contribution in [-0.2, 0) is 0 Å². The van der Waals surface area contributed by atoms with E-state index >= 15 is 0 Å². The summed E-state index contributed by atoms with van der Waals surface area (Å²) < 4.78 is 0. The van der Waals surface area contributed by atoms with E-state index in [-0.39, 0.29) is 1.43 Å². The van der Waals surface area contributed by atoms with Crippen molar-refractivity contribution >= 4 is 17.6 Å². The average Bonchev–Trinajstić information content (AvgIpc) is 2.67. The molecule has 0 fully saturated rings. The smallest absolute Gasteiger partial charge is 0.132 e. The number of benzene rings is 3. The van der Waals surface area contributed by atoms with Crippen LogP contribution in [0.1, 0.15) is 18.1 Å². The summed E-state index contributed by atoms with van der Waals surface area (Å²) in [6.07, 6.45) is 2.14. The van der Waals surface area contributed by atoms with Gasteiger partial charge in [-0.25, -0.2) is 0 Å². The van der Waals surface area contributed by atoms with Crippen molar-refractivity contribution in [3.05, 3.63) is 108 Å². The summed E-state index contributed by atoms with van der Waals surface area (Å²) in [5.74, 6) is 0.849. The zero-order chi connectivity index (χ0) is 16.6. The van der Waals surface area contributed by atoms with Gasteiger partial charge in [0, 0.05) is 19.7 Å². The van der Waals surface area contributed by atoms with Gasteiger partial charge in [0.15, 0.2) is 0 Å². The molecular weight excluding hydrogens is 292 g/mol. The fraction of sp³-hybridized carbons (Fsp3) is 0.0455. The molecule has 2 heteroatoms. The Hall–Kier alpha value is -3.13. The fourth-order valence-corrected chi connectivity index (χ4v) is 2.51. The lowest BCUT2D eigenvalue weighted by atomic mass is 10.1. The highest BCUT2D eigenvalue weighted by Gasteiger charge is 2.07. The van der Waals surface area contributed by atoms with Crippen LogP contribution < -0.4 is 5.32 Å². The third kappa shape index (κ3) is 3.99. The number of nitrogens with zero attached hydrogens (tertiary/aromatic N) is 1. The minimum Gasteiger partial charge on any atom is -0.340 e. The van der Waals surface area contributed by atoms with E-state index in [0.717, 1.165) is 28.2 Å². The summed E-state index contributed by atoms with van der Waals surface area (Å²) in [6, 6.07) is 30.8. The van der Waals surface area contributed by atoms with Crippen LogP contribution in [0.4, 0.5) is 0 Å². The summed E-state index contributed by atoms with van der Waals surface area (Å²) in [7, 11) is 1.81. The Kier molecular flexibility index (Phi) is 5.21. The summed E-state index contributed by atoms with van der Waals surface area (Å²) >= 11 is 0. The summed E-state index contributed by atoms with van der Waals surface area (Å²) in [5.41, 5.74) is 4.35. The summed E-state index contributed by atoms with van der Waals surface area (Å²) in [6.45, 7) is 0. The van der Waals surface area contributed by atoms with Crippen molar-refractivity contribution in [1.82, 2.24) is 5.32 Å². The molecule has 0 aliphatic rings. The van der Waals surface area contributed by atoms with Crippen molar-refractivity contribution in [2.75, 3.05) is 7.05 Å². The SMILES string of the molecule is CN=C(N/C(=C/c1ccccc1)c1ccccc1)c1ccccc1.[HH]. The van der Waals surface area contributed by atoms with Crippen LogP contribution in [0.3, 0.4) is 0 Å². The van der Waals surface area contributed by atoms with E-state index in [1.165, 1.54) is 0 Å². The van der Waals surface area contributed by atoms with Crippen LogP contribution in [0.25, 0.3) is 11.8 Å². The zero-order valence-electron chi connectivity index (χ0n) is 13.7. The maximum Gasteiger partial charge on any atom is 0.132 e. The van der Waals surface area contributed by atoms with Crippen molar-refractivity contribution in [2.45, 2.75) is 0 Å². The monoisotopic (exact) mass is 314 g/mol. The molecule has 2 nitrogen and oxygen atoms in total. The van der Waals surface area contributed by atoms with Gasteiger partial charge in [-0.1, -0.05) is 91.0 Å². The Morgan fingerprint density at radius 3 is 1.79 bits per heavy atom. The molecule has 0 bridgehead atoms. The Balaban J connectivity index is 0.00000225. The summed E-state index contributed by atoms with van der Waals surface area (Å²) in [5, 5.41) is 3.50. The lowest BCUT2D eigenvalue weighted by Crippen LogP contribution is -2.23. The van der Waals surface area contributed by atoms with Gasteiger partial charge >= 0.3 is 0 Å². The molecule has 0 spiro atoms. The van der Waals surface area contributed by atoms with Crippen molar-refractivity contribution < 1.29 is 1.43 Å². The van der Waals surface area contributed by atoms with E-state index in [4.69, 9.17) is 0 Å². The first-order valence-corrected chi connectivity index (χ1v) is 7.98. The Morgan fingerprint density at radius 1 is 0.750 bits per heavy atom. The van der Waals surface area contributed by atoms with Gasteiger partial charge in [-0.3, -0.25) is 4.99 Å². The van der Waals surface area contributed by atoms with Gasteiger partial charge in [-0.15, -0.1) is 0 Å². The highest BCUT2D eigenvalue weighted by atomic mass is 15.0. The number of hydrogen-bond acceptors (Lipinski definition) is 1. The van der Waals surface area contributed by atoms with E-state index in [9.17, 15) is 0 Å². The van der Waals surface area contributed by atoms with E-state index in [1.807, 2.05) is 54.6 Å². The van der Waals surface area contributed by atoms with E-state index in [0.29, 0.717) is 0 Å². The Bertz CT molecular complexity index is 826. The molecule has 3 rings (SSSR count).